The highest BCUT2D eigenvalue weighted by atomic mass is 16.5. The van der Waals surface area contributed by atoms with E-state index in [1.54, 1.807) is 0 Å². The monoisotopic (exact) mass is 263 g/mol. The third-order valence-electron chi connectivity index (χ3n) is 3.41. The molecule has 2 nitrogen and oxygen atoms in total. The van der Waals surface area contributed by atoms with Gasteiger partial charge in [-0.2, -0.15) is 0 Å². The van der Waals surface area contributed by atoms with Crippen LogP contribution in [0.1, 0.15) is 45.7 Å². The Labute approximate surface area is 118 Å². The van der Waals surface area contributed by atoms with Crippen LogP contribution in [0.15, 0.2) is 18.2 Å². The Morgan fingerprint density at radius 3 is 2.32 bits per heavy atom. The predicted molar refractivity (Wildman–Crippen MR) is 82.9 cm³/mol. The molecule has 0 saturated heterocycles. The summed E-state index contributed by atoms with van der Waals surface area (Å²) in [4.78, 5) is 0. The molecule has 0 aliphatic carbocycles. The van der Waals surface area contributed by atoms with E-state index < -0.39 is 0 Å². The van der Waals surface area contributed by atoms with Crippen LogP contribution in [-0.2, 0) is 0 Å². The van der Waals surface area contributed by atoms with Crippen molar-refractivity contribution < 1.29 is 4.74 Å². The molecule has 0 aliphatic heterocycles. The summed E-state index contributed by atoms with van der Waals surface area (Å²) in [5.41, 5.74) is 2.64. The Kier molecular flexibility index (Phi) is 5.42. The number of ether oxygens (including phenoxy) is 1. The number of benzene rings is 1. The Morgan fingerprint density at radius 2 is 1.79 bits per heavy atom. The van der Waals surface area contributed by atoms with E-state index in [2.05, 4.69) is 72.0 Å². The lowest BCUT2D eigenvalue weighted by atomic mass is 10.0. The maximum Gasteiger partial charge on any atom is 0.122 e. The van der Waals surface area contributed by atoms with Crippen LogP contribution in [0, 0.1) is 19.8 Å². The molecule has 19 heavy (non-hydrogen) atoms. The molecule has 0 amide bonds. The van der Waals surface area contributed by atoms with E-state index in [-0.39, 0.29) is 11.6 Å². The van der Waals surface area contributed by atoms with Gasteiger partial charge < -0.3 is 10.1 Å². The van der Waals surface area contributed by atoms with Crippen molar-refractivity contribution in [2.24, 2.45) is 5.92 Å². The minimum Gasteiger partial charge on any atom is -0.489 e. The van der Waals surface area contributed by atoms with Gasteiger partial charge in [0.15, 0.2) is 0 Å². The summed E-state index contributed by atoms with van der Waals surface area (Å²) in [5, 5.41) is 3.53. The standard InChI is InChI=1S/C17H29NO/c1-12(2)16(11-18-17(5,6)7)19-15-10-8-9-13(3)14(15)4/h8-10,12,16,18H,11H2,1-7H3. The van der Waals surface area contributed by atoms with Crippen LogP contribution < -0.4 is 10.1 Å². The fourth-order valence-electron chi connectivity index (χ4n) is 1.84. The minimum absolute atomic E-state index is 0.123. The maximum atomic E-state index is 6.22. The fraction of sp³-hybridized carbons (Fsp3) is 0.647. The van der Waals surface area contributed by atoms with Crippen molar-refractivity contribution in [2.75, 3.05) is 6.54 Å². The van der Waals surface area contributed by atoms with E-state index in [1.807, 2.05) is 0 Å². The number of hydrogen-bond acceptors (Lipinski definition) is 2. The quantitative estimate of drug-likeness (QED) is 0.863. The first-order chi connectivity index (χ1) is 8.70. The predicted octanol–water partition coefficient (Wildman–Crippen LogP) is 4.09. The molecule has 0 bridgehead atoms. The molecule has 0 heterocycles. The summed E-state index contributed by atoms with van der Waals surface area (Å²) in [7, 11) is 0. The zero-order valence-corrected chi connectivity index (χ0v) is 13.5. The minimum atomic E-state index is 0.123. The van der Waals surface area contributed by atoms with Crippen LogP contribution in [-0.4, -0.2) is 18.2 Å². The Hall–Kier alpha value is -1.02. The van der Waals surface area contributed by atoms with Gasteiger partial charge in [-0.1, -0.05) is 26.0 Å². The molecule has 0 aliphatic rings. The Balaban J connectivity index is 2.76. The molecule has 2 heteroatoms. The molecule has 0 saturated carbocycles. The van der Waals surface area contributed by atoms with Crippen LogP contribution >= 0.6 is 0 Å². The second kappa shape index (κ2) is 6.42. The fourth-order valence-corrected chi connectivity index (χ4v) is 1.84. The molecular weight excluding hydrogens is 234 g/mol. The van der Waals surface area contributed by atoms with E-state index in [1.165, 1.54) is 11.1 Å². The van der Waals surface area contributed by atoms with Crippen molar-refractivity contribution in [2.45, 2.75) is 60.1 Å². The van der Waals surface area contributed by atoms with Crippen molar-refractivity contribution in [3.63, 3.8) is 0 Å². The van der Waals surface area contributed by atoms with Gasteiger partial charge in [0.1, 0.15) is 11.9 Å². The molecule has 1 rings (SSSR count). The highest BCUT2D eigenvalue weighted by Crippen LogP contribution is 2.23. The van der Waals surface area contributed by atoms with E-state index in [9.17, 15) is 0 Å². The first-order valence-corrected chi connectivity index (χ1v) is 7.18. The van der Waals surface area contributed by atoms with Crippen molar-refractivity contribution in [3.8, 4) is 5.75 Å². The average Bonchev–Trinajstić information content (AvgIpc) is 2.28. The van der Waals surface area contributed by atoms with Crippen LogP contribution in [0.4, 0.5) is 0 Å². The number of aryl methyl sites for hydroxylation is 1. The summed E-state index contributed by atoms with van der Waals surface area (Å²) >= 11 is 0. The third kappa shape index (κ3) is 5.23. The molecule has 1 aromatic carbocycles. The highest BCUT2D eigenvalue weighted by Gasteiger charge is 2.19. The summed E-state index contributed by atoms with van der Waals surface area (Å²) in [6.07, 6.45) is 0.194. The topological polar surface area (TPSA) is 21.3 Å². The second-order valence-electron chi connectivity index (χ2n) is 6.73. The molecule has 0 fully saturated rings. The normalized spacial score (nSPS) is 13.7. The number of hydrogen-bond donors (Lipinski definition) is 1. The molecule has 108 valence electrons. The van der Waals surface area contributed by atoms with Gasteiger partial charge in [0.05, 0.1) is 0 Å². The molecular formula is C17H29NO. The zero-order chi connectivity index (χ0) is 14.6. The first kappa shape index (κ1) is 16.0. The first-order valence-electron chi connectivity index (χ1n) is 7.18. The average molecular weight is 263 g/mol. The molecule has 1 unspecified atom stereocenters. The molecule has 0 aromatic heterocycles. The molecule has 0 spiro atoms. The summed E-state index contributed by atoms with van der Waals surface area (Å²) < 4.78 is 6.22. The SMILES string of the molecule is Cc1cccc(OC(CNC(C)(C)C)C(C)C)c1C. The summed E-state index contributed by atoms with van der Waals surface area (Å²) in [6, 6.07) is 6.25. The largest absolute Gasteiger partial charge is 0.489 e. The molecule has 1 aromatic rings. The summed E-state index contributed by atoms with van der Waals surface area (Å²) in [5.74, 6) is 1.49. The summed E-state index contributed by atoms with van der Waals surface area (Å²) in [6.45, 7) is 16.1. The van der Waals surface area contributed by atoms with Crippen LogP contribution in [0.3, 0.4) is 0 Å². The smallest absolute Gasteiger partial charge is 0.122 e. The van der Waals surface area contributed by atoms with Gasteiger partial charge >= 0.3 is 0 Å². The van der Waals surface area contributed by atoms with Crippen LogP contribution in [0.25, 0.3) is 0 Å². The van der Waals surface area contributed by atoms with Gasteiger partial charge in [-0.15, -0.1) is 0 Å². The van der Waals surface area contributed by atoms with E-state index >= 15 is 0 Å². The molecule has 0 radical (unpaired) electrons. The third-order valence-corrected chi connectivity index (χ3v) is 3.41. The zero-order valence-electron chi connectivity index (χ0n) is 13.5. The Bertz CT molecular complexity index is 404. The van der Waals surface area contributed by atoms with Crippen molar-refractivity contribution in [1.82, 2.24) is 5.32 Å². The highest BCUT2D eigenvalue weighted by molar-refractivity contribution is 5.38. The van der Waals surface area contributed by atoms with Crippen LogP contribution in [0.2, 0.25) is 0 Å². The maximum absolute atomic E-state index is 6.22. The molecule has 1 N–H and O–H groups in total. The van der Waals surface area contributed by atoms with Crippen molar-refractivity contribution in [1.29, 1.82) is 0 Å². The van der Waals surface area contributed by atoms with Gasteiger partial charge in [0.25, 0.3) is 0 Å². The van der Waals surface area contributed by atoms with Gasteiger partial charge in [-0.05, 0) is 57.7 Å². The van der Waals surface area contributed by atoms with E-state index in [0.717, 1.165) is 12.3 Å². The lowest BCUT2D eigenvalue weighted by molar-refractivity contribution is 0.139. The Morgan fingerprint density at radius 1 is 1.16 bits per heavy atom. The van der Waals surface area contributed by atoms with Crippen LogP contribution in [0.5, 0.6) is 5.75 Å². The second-order valence-corrected chi connectivity index (χ2v) is 6.73. The van der Waals surface area contributed by atoms with Crippen molar-refractivity contribution >= 4 is 0 Å². The lowest BCUT2D eigenvalue weighted by Gasteiger charge is -2.28. The van der Waals surface area contributed by atoms with Gasteiger partial charge in [-0.25, -0.2) is 0 Å². The van der Waals surface area contributed by atoms with Gasteiger partial charge in [0, 0.05) is 12.1 Å². The number of rotatable bonds is 5. The number of nitrogens with one attached hydrogen (secondary N) is 1. The molecule has 1 atom stereocenters. The van der Waals surface area contributed by atoms with Crippen molar-refractivity contribution in [3.05, 3.63) is 29.3 Å². The van der Waals surface area contributed by atoms with Gasteiger partial charge in [0.2, 0.25) is 0 Å². The van der Waals surface area contributed by atoms with E-state index in [4.69, 9.17) is 4.74 Å². The van der Waals surface area contributed by atoms with Gasteiger partial charge in [-0.3, -0.25) is 0 Å². The van der Waals surface area contributed by atoms with E-state index in [0.29, 0.717) is 5.92 Å². The lowest BCUT2D eigenvalue weighted by Crippen LogP contribution is -2.44.